The van der Waals surface area contributed by atoms with Gasteiger partial charge in [-0.2, -0.15) is 5.26 Å². The van der Waals surface area contributed by atoms with Gasteiger partial charge < -0.3 is 19.6 Å². The van der Waals surface area contributed by atoms with Crippen LogP contribution in [0.1, 0.15) is 44.9 Å². The van der Waals surface area contributed by atoms with Crippen molar-refractivity contribution in [3.63, 3.8) is 0 Å². The molecular formula is C24H24N6O3S. The lowest BCUT2D eigenvalue weighted by molar-refractivity contribution is -0.119. The fourth-order valence-corrected chi connectivity index (χ4v) is 5.06. The number of amides is 1. The molecule has 9 nitrogen and oxygen atoms in total. The van der Waals surface area contributed by atoms with E-state index in [1.807, 2.05) is 19.9 Å². The predicted octanol–water partition coefficient (Wildman–Crippen LogP) is 3.56. The van der Waals surface area contributed by atoms with Gasteiger partial charge in [0.25, 0.3) is 0 Å². The number of ether oxygens (including phenoxy) is 1. The van der Waals surface area contributed by atoms with Crippen molar-refractivity contribution in [1.29, 1.82) is 5.26 Å². The molecule has 0 spiro atoms. The van der Waals surface area contributed by atoms with Crippen LogP contribution >= 0.6 is 11.3 Å². The summed E-state index contributed by atoms with van der Waals surface area (Å²) in [6.07, 6.45) is 3.37. The minimum atomic E-state index is -0.102. The maximum Gasteiger partial charge on any atom is 0.217 e. The number of fused-ring (bicyclic) bond motifs is 1. The maximum atomic E-state index is 11.5. The average molecular weight is 477 g/mol. The second-order valence-corrected chi connectivity index (χ2v) is 9.00. The SMILES string of the molecule is CC(=O)NCc1cc(CCOc2cc3nc(CC#N)[nH]c3cn2)sc1-n1c(C)cc(C=O)c1C. The van der Waals surface area contributed by atoms with Crippen molar-refractivity contribution in [2.45, 2.75) is 40.2 Å². The van der Waals surface area contributed by atoms with Crippen LogP contribution in [0.15, 0.2) is 24.4 Å². The van der Waals surface area contributed by atoms with Gasteiger partial charge in [0.05, 0.1) is 36.3 Å². The van der Waals surface area contributed by atoms with Crippen molar-refractivity contribution in [3.8, 4) is 17.0 Å². The highest BCUT2D eigenvalue weighted by Crippen LogP contribution is 2.31. The van der Waals surface area contributed by atoms with Gasteiger partial charge >= 0.3 is 0 Å². The van der Waals surface area contributed by atoms with Crippen LogP contribution in [0, 0.1) is 25.2 Å². The zero-order valence-electron chi connectivity index (χ0n) is 19.1. The molecule has 0 aliphatic heterocycles. The molecule has 0 atom stereocenters. The van der Waals surface area contributed by atoms with Gasteiger partial charge in [-0.3, -0.25) is 9.59 Å². The van der Waals surface area contributed by atoms with Gasteiger partial charge in [0.2, 0.25) is 11.8 Å². The number of thiophene rings is 1. The van der Waals surface area contributed by atoms with Gasteiger partial charge in [-0.15, -0.1) is 11.3 Å². The first kappa shape index (κ1) is 23.2. The molecule has 0 radical (unpaired) electrons. The van der Waals surface area contributed by atoms with Gasteiger partial charge in [0.15, 0.2) is 6.29 Å². The van der Waals surface area contributed by atoms with Gasteiger partial charge in [0.1, 0.15) is 10.8 Å². The van der Waals surface area contributed by atoms with E-state index in [0.717, 1.165) is 38.6 Å². The van der Waals surface area contributed by atoms with E-state index in [1.54, 1.807) is 23.6 Å². The Labute approximate surface area is 200 Å². The first-order valence-electron chi connectivity index (χ1n) is 10.7. The summed E-state index contributed by atoms with van der Waals surface area (Å²) >= 11 is 1.61. The Morgan fingerprint density at radius 2 is 2.18 bits per heavy atom. The Morgan fingerprint density at radius 1 is 1.35 bits per heavy atom. The highest BCUT2D eigenvalue weighted by Gasteiger charge is 2.17. The minimum Gasteiger partial charge on any atom is -0.477 e. The number of H-pyrrole nitrogens is 1. The summed E-state index contributed by atoms with van der Waals surface area (Å²) in [5, 5.41) is 12.7. The van der Waals surface area contributed by atoms with Crippen molar-refractivity contribution in [2.24, 2.45) is 0 Å². The van der Waals surface area contributed by atoms with Crippen molar-refractivity contribution < 1.29 is 14.3 Å². The first-order valence-corrected chi connectivity index (χ1v) is 11.6. The summed E-state index contributed by atoms with van der Waals surface area (Å²) in [6, 6.07) is 7.76. The van der Waals surface area contributed by atoms with E-state index >= 15 is 0 Å². The molecule has 0 unspecified atom stereocenters. The summed E-state index contributed by atoms with van der Waals surface area (Å²) in [5.74, 6) is 0.961. The number of rotatable bonds is 9. The van der Waals surface area contributed by atoms with Gasteiger partial charge in [0, 0.05) is 53.3 Å². The minimum absolute atomic E-state index is 0.102. The molecule has 2 N–H and O–H groups in total. The fraction of sp³-hybridized carbons (Fsp3) is 0.292. The zero-order chi connectivity index (χ0) is 24.2. The smallest absolute Gasteiger partial charge is 0.217 e. The summed E-state index contributed by atoms with van der Waals surface area (Å²) < 4.78 is 7.92. The lowest BCUT2D eigenvalue weighted by Crippen LogP contribution is -2.19. The van der Waals surface area contributed by atoms with Crippen LogP contribution in [0.3, 0.4) is 0 Å². The molecule has 4 aromatic heterocycles. The molecule has 4 aromatic rings. The number of aryl methyl sites for hydroxylation is 1. The van der Waals surface area contributed by atoms with Crippen molar-refractivity contribution >= 4 is 34.6 Å². The molecule has 0 aliphatic rings. The number of hydrogen-bond acceptors (Lipinski definition) is 7. The molecule has 1 amide bonds. The number of imidazole rings is 1. The molecule has 174 valence electrons. The lowest BCUT2D eigenvalue weighted by atomic mass is 10.2. The summed E-state index contributed by atoms with van der Waals surface area (Å²) in [6.45, 7) is 6.18. The predicted molar refractivity (Wildman–Crippen MR) is 128 cm³/mol. The standard InChI is InChI=1S/C24H24N6O3S/c1-14-8-18(13-31)15(2)30(14)24-17(11-26-16(3)32)9-19(34-24)5-7-33-23-10-20-21(12-27-23)29-22(28-20)4-6-25/h8-10,12-13H,4-5,7,11H2,1-3H3,(H,26,32)(H,28,29). The van der Waals surface area contributed by atoms with E-state index in [2.05, 4.69) is 37.0 Å². The number of pyridine rings is 1. The number of nitrogens with zero attached hydrogens (tertiary/aromatic N) is 4. The van der Waals surface area contributed by atoms with Crippen LogP contribution in [0.5, 0.6) is 5.88 Å². The van der Waals surface area contributed by atoms with Gasteiger partial charge in [-0.25, -0.2) is 9.97 Å². The normalized spacial score (nSPS) is 10.9. The Morgan fingerprint density at radius 3 is 2.88 bits per heavy atom. The van der Waals surface area contributed by atoms with Crippen LogP contribution in [-0.2, 0) is 24.2 Å². The number of hydrogen-bond donors (Lipinski definition) is 2. The van der Waals surface area contributed by atoms with Crippen molar-refractivity contribution in [2.75, 3.05) is 6.61 Å². The molecule has 0 fully saturated rings. The maximum absolute atomic E-state index is 11.5. The third-order valence-corrected chi connectivity index (χ3v) is 6.62. The molecule has 4 heterocycles. The van der Waals surface area contributed by atoms with Crippen LogP contribution in [0.2, 0.25) is 0 Å². The highest BCUT2D eigenvalue weighted by molar-refractivity contribution is 7.14. The number of nitrogens with one attached hydrogen (secondary N) is 2. The Kier molecular flexibility index (Phi) is 6.75. The number of carbonyl (C=O) groups is 2. The molecule has 0 aliphatic carbocycles. The molecule has 4 rings (SSSR count). The molecule has 0 bridgehead atoms. The van der Waals surface area contributed by atoms with Crippen LogP contribution in [0.25, 0.3) is 16.0 Å². The van der Waals surface area contributed by atoms with Crippen LogP contribution in [-0.4, -0.2) is 38.3 Å². The molecule has 34 heavy (non-hydrogen) atoms. The third-order valence-electron chi connectivity index (χ3n) is 5.40. The van der Waals surface area contributed by atoms with Crippen molar-refractivity contribution in [1.82, 2.24) is 24.8 Å². The second-order valence-electron chi connectivity index (χ2n) is 7.89. The highest BCUT2D eigenvalue weighted by atomic mass is 32.1. The molecule has 10 heteroatoms. The number of nitriles is 1. The Balaban J connectivity index is 1.52. The second kappa shape index (κ2) is 9.89. The van der Waals surface area contributed by atoms with E-state index in [-0.39, 0.29) is 12.3 Å². The average Bonchev–Trinajstić information content (AvgIpc) is 3.46. The third kappa shape index (κ3) is 4.84. The summed E-state index contributed by atoms with van der Waals surface area (Å²) in [7, 11) is 0. The molecular weight excluding hydrogens is 452 g/mol. The van der Waals surface area contributed by atoms with Gasteiger partial charge in [-0.1, -0.05) is 0 Å². The summed E-state index contributed by atoms with van der Waals surface area (Å²) in [5.41, 5.74) is 4.93. The molecule has 0 saturated heterocycles. The van der Waals surface area contributed by atoms with E-state index in [4.69, 9.17) is 10.00 Å². The first-order chi connectivity index (χ1) is 16.4. The van der Waals surface area contributed by atoms with E-state index in [1.165, 1.54) is 6.92 Å². The van der Waals surface area contributed by atoms with Crippen LogP contribution < -0.4 is 10.1 Å². The molecule has 0 saturated carbocycles. The zero-order valence-corrected chi connectivity index (χ0v) is 20.0. The van der Waals surface area contributed by atoms with Gasteiger partial charge in [-0.05, 0) is 26.0 Å². The Hall–Kier alpha value is -3.97. The quantitative estimate of drug-likeness (QED) is 0.356. The lowest BCUT2D eigenvalue weighted by Gasteiger charge is -2.10. The fourth-order valence-electron chi connectivity index (χ4n) is 3.79. The number of carbonyl (C=O) groups excluding carboxylic acids is 2. The van der Waals surface area contributed by atoms with E-state index < -0.39 is 0 Å². The number of aromatic amines is 1. The van der Waals surface area contributed by atoms with Crippen LogP contribution in [0.4, 0.5) is 0 Å². The topological polar surface area (TPSA) is 126 Å². The number of aromatic nitrogens is 4. The summed E-state index contributed by atoms with van der Waals surface area (Å²) in [4.78, 5) is 35.8. The van der Waals surface area contributed by atoms with E-state index in [0.29, 0.717) is 42.4 Å². The molecule has 0 aromatic carbocycles. The van der Waals surface area contributed by atoms with E-state index in [9.17, 15) is 9.59 Å². The Bertz CT molecular complexity index is 1410. The monoisotopic (exact) mass is 476 g/mol. The van der Waals surface area contributed by atoms with Crippen molar-refractivity contribution in [3.05, 3.63) is 57.6 Å². The number of aldehydes is 1. The largest absolute Gasteiger partial charge is 0.477 e.